The molecule has 3 amide bonds. The first kappa shape index (κ1) is 19.4. The molecular weight excluding hydrogens is 342 g/mol. The predicted molar refractivity (Wildman–Crippen MR) is 103 cm³/mol. The molecule has 0 atom stereocenters. The van der Waals surface area contributed by atoms with Crippen molar-refractivity contribution in [3.63, 3.8) is 0 Å². The second-order valence-corrected chi connectivity index (χ2v) is 7.44. The topological polar surface area (TPSA) is 69.7 Å². The summed E-state index contributed by atoms with van der Waals surface area (Å²) in [7, 11) is 0. The lowest BCUT2D eigenvalue weighted by atomic mass is 9.88. The molecule has 1 aromatic rings. The largest absolute Gasteiger partial charge is 0.343 e. The monoisotopic (exact) mass is 371 g/mol. The summed E-state index contributed by atoms with van der Waals surface area (Å²) in [5, 5.41) is 2.69. The Hall–Kier alpha value is -2.37. The Balaban J connectivity index is 1.46. The number of amides is 3. The summed E-state index contributed by atoms with van der Waals surface area (Å²) in [6.07, 6.45) is 6.33. The maximum Gasteiger partial charge on any atom is 0.251 e. The SMILES string of the molecule is O=C(NCC(=O)N1CCCN(C(=O)C2CCCCC2)CC1)c1ccccc1. The van der Waals surface area contributed by atoms with Gasteiger partial charge >= 0.3 is 0 Å². The van der Waals surface area contributed by atoms with E-state index < -0.39 is 0 Å². The van der Waals surface area contributed by atoms with Gasteiger partial charge in [0.05, 0.1) is 6.54 Å². The molecule has 27 heavy (non-hydrogen) atoms. The number of carbonyl (C=O) groups excluding carboxylic acids is 3. The van der Waals surface area contributed by atoms with Gasteiger partial charge in [0.1, 0.15) is 0 Å². The van der Waals surface area contributed by atoms with E-state index in [0.717, 1.165) is 38.6 Å². The smallest absolute Gasteiger partial charge is 0.251 e. The van der Waals surface area contributed by atoms with Crippen molar-refractivity contribution in [3.05, 3.63) is 35.9 Å². The van der Waals surface area contributed by atoms with Gasteiger partial charge in [-0.2, -0.15) is 0 Å². The standard InChI is InChI=1S/C21H29N3O3/c25-19(16-22-20(26)17-8-3-1-4-9-17)23-12-7-13-24(15-14-23)21(27)18-10-5-2-6-11-18/h1,3-4,8-9,18H,2,5-7,10-16H2,(H,22,26). The van der Waals surface area contributed by atoms with Crippen LogP contribution in [0.5, 0.6) is 0 Å². The normalized spacial score (nSPS) is 18.7. The van der Waals surface area contributed by atoms with Gasteiger partial charge in [-0.1, -0.05) is 37.5 Å². The lowest BCUT2D eigenvalue weighted by Gasteiger charge is -2.28. The summed E-state index contributed by atoms with van der Waals surface area (Å²) in [6.45, 7) is 2.47. The minimum atomic E-state index is -0.243. The van der Waals surface area contributed by atoms with Gasteiger partial charge in [0, 0.05) is 37.7 Å². The fourth-order valence-corrected chi connectivity index (χ4v) is 3.95. The minimum Gasteiger partial charge on any atom is -0.343 e. The molecule has 1 heterocycles. The molecule has 6 heteroatoms. The summed E-state index contributed by atoms with van der Waals surface area (Å²) < 4.78 is 0. The average Bonchev–Trinajstić information content (AvgIpc) is 2.99. The molecule has 0 radical (unpaired) electrons. The molecule has 2 fully saturated rings. The van der Waals surface area contributed by atoms with Crippen LogP contribution in [0.25, 0.3) is 0 Å². The van der Waals surface area contributed by atoms with E-state index in [1.165, 1.54) is 6.42 Å². The zero-order valence-corrected chi connectivity index (χ0v) is 15.9. The molecule has 6 nitrogen and oxygen atoms in total. The van der Waals surface area contributed by atoms with Crippen LogP contribution in [0.3, 0.4) is 0 Å². The van der Waals surface area contributed by atoms with Crippen LogP contribution in [-0.4, -0.2) is 60.2 Å². The van der Waals surface area contributed by atoms with Crippen molar-refractivity contribution >= 4 is 17.7 Å². The Morgan fingerprint density at radius 1 is 0.852 bits per heavy atom. The summed E-state index contributed by atoms with van der Waals surface area (Å²) in [5.74, 6) is 0.103. The van der Waals surface area contributed by atoms with Crippen LogP contribution < -0.4 is 5.32 Å². The number of carbonyl (C=O) groups is 3. The highest BCUT2D eigenvalue weighted by Gasteiger charge is 2.28. The molecular formula is C21H29N3O3. The molecule has 2 aliphatic rings. The molecule has 1 saturated heterocycles. The van der Waals surface area contributed by atoms with Crippen molar-refractivity contribution in [2.45, 2.75) is 38.5 Å². The zero-order chi connectivity index (χ0) is 19.1. The Bertz CT molecular complexity index is 656. The molecule has 146 valence electrons. The third kappa shape index (κ3) is 5.31. The Labute approximate surface area is 160 Å². The molecule has 0 bridgehead atoms. The Morgan fingerprint density at radius 3 is 2.26 bits per heavy atom. The maximum atomic E-state index is 12.7. The van der Waals surface area contributed by atoms with Crippen LogP contribution in [0.1, 0.15) is 48.9 Å². The van der Waals surface area contributed by atoms with Crippen LogP contribution in [-0.2, 0) is 9.59 Å². The van der Waals surface area contributed by atoms with E-state index >= 15 is 0 Å². The maximum absolute atomic E-state index is 12.7. The molecule has 1 N–H and O–H groups in total. The van der Waals surface area contributed by atoms with E-state index in [1.807, 2.05) is 11.0 Å². The van der Waals surface area contributed by atoms with Crippen molar-refractivity contribution < 1.29 is 14.4 Å². The summed E-state index contributed by atoms with van der Waals surface area (Å²) >= 11 is 0. The lowest BCUT2D eigenvalue weighted by molar-refractivity contribution is -0.137. The number of hydrogen-bond donors (Lipinski definition) is 1. The van der Waals surface area contributed by atoms with Crippen LogP contribution in [0.4, 0.5) is 0 Å². The highest BCUT2D eigenvalue weighted by atomic mass is 16.2. The highest BCUT2D eigenvalue weighted by Crippen LogP contribution is 2.25. The third-order valence-electron chi connectivity index (χ3n) is 5.55. The number of hydrogen-bond acceptors (Lipinski definition) is 3. The average molecular weight is 371 g/mol. The van der Waals surface area contributed by atoms with Gasteiger partial charge in [-0.25, -0.2) is 0 Å². The van der Waals surface area contributed by atoms with Gasteiger partial charge in [0.2, 0.25) is 11.8 Å². The molecule has 0 aromatic heterocycles. The Morgan fingerprint density at radius 2 is 1.52 bits per heavy atom. The molecule has 3 rings (SSSR count). The van der Waals surface area contributed by atoms with E-state index in [-0.39, 0.29) is 30.2 Å². The van der Waals surface area contributed by atoms with Gasteiger partial charge in [0.25, 0.3) is 5.91 Å². The van der Waals surface area contributed by atoms with E-state index in [0.29, 0.717) is 25.2 Å². The van der Waals surface area contributed by atoms with Gasteiger partial charge in [0.15, 0.2) is 0 Å². The molecule has 1 aliphatic heterocycles. The molecule has 0 spiro atoms. The second kappa shape index (κ2) is 9.53. The van der Waals surface area contributed by atoms with Crippen molar-refractivity contribution in [2.24, 2.45) is 5.92 Å². The van der Waals surface area contributed by atoms with Gasteiger partial charge < -0.3 is 15.1 Å². The summed E-state index contributed by atoms with van der Waals surface area (Å²) in [4.78, 5) is 41.0. The van der Waals surface area contributed by atoms with Crippen molar-refractivity contribution in [1.29, 1.82) is 0 Å². The van der Waals surface area contributed by atoms with Crippen molar-refractivity contribution in [1.82, 2.24) is 15.1 Å². The van der Waals surface area contributed by atoms with Crippen molar-refractivity contribution in [2.75, 3.05) is 32.7 Å². The lowest BCUT2D eigenvalue weighted by Crippen LogP contribution is -2.43. The van der Waals surface area contributed by atoms with Gasteiger partial charge in [-0.15, -0.1) is 0 Å². The van der Waals surface area contributed by atoms with Crippen LogP contribution in [0.15, 0.2) is 30.3 Å². The predicted octanol–water partition coefficient (Wildman–Crippen LogP) is 2.06. The third-order valence-corrected chi connectivity index (χ3v) is 5.55. The minimum absolute atomic E-state index is 0.00962. The number of nitrogens with one attached hydrogen (secondary N) is 1. The quantitative estimate of drug-likeness (QED) is 0.881. The number of nitrogens with zero attached hydrogens (tertiary/aromatic N) is 2. The molecule has 1 saturated carbocycles. The zero-order valence-electron chi connectivity index (χ0n) is 15.9. The van der Waals surface area contributed by atoms with Crippen LogP contribution in [0, 0.1) is 5.92 Å². The molecule has 1 aromatic carbocycles. The van der Waals surface area contributed by atoms with Crippen molar-refractivity contribution in [3.8, 4) is 0 Å². The first-order valence-electron chi connectivity index (χ1n) is 10.0. The van der Waals surface area contributed by atoms with Crippen LogP contribution >= 0.6 is 0 Å². The fraction of sp³-hybridized carbons (Fsp3) is 0.571. The van der Waals surface area contributed by atoms with Gasteiger partial charge in [-0.3, -0.25) is 14.4 Å². The molecule has 0 unspecified atom stereocenters. The molecule has 1 aliphatic carbocycles. The fourth-order valence-electron chi connectivity index (χ4n) is 3.95. The second-order valence-electron chi connectivity index (χ2n) is 7.44. The number of benzene rings is 1. The Kier molecular flexibility index (Phi) is 6.85. The summed E-state index contributed by atoms with van der Waals surface area (Å²) in [5.41, 5.74) is 0.547. The van der Waals surface area contributed by atoms with E-state index in [9.17, 15) is 14.4 Å². The van der Waals surface area contributed by atoms with E-state index in [1.54, 1.807) is 29.2 Å². The number of rotatable bonds is 4. The first-order valence-corrected chi connectivity index (χ1v) is 10.0. The first-order chi connectivity index (χ1) is 13.1. The summed E-state index contributed by atoms with van der Waals surface area (Å²) in [6, 6.07) is 8.88. The highest BCUT2D eigenvalue weighted by molar-refractivity contribution is 5.96. The van der Waals surface area contributed by atoms with Gasteiger partial charge in [-0.05, 0) is 31.4 Å². The van der Waals surface area contributed by atoms with Crippen LogP contribution in [0.2, 0.25) is 0 Å². The van der Waals surface area contributed by atoms with E-state index in [4.69, 9.17) is 0 Å². The van der Waals surface area contributed by atoms with E-state index in [2.05, 4.69) is 5.32 Å².